The Morgan fingerprint density at radius 2 is 2.22 bits per heavy atom. The first kappa shape index (κ1) is 15.4. The fourth-order valence-electron chi connectivity index (χ4n) is 2.45. The maximum atomic E-state index is 11.6. The summed E-state index contributed by atoms with van der Waals surface area (Å²) in [6.45, 7) is 7.89. The summed E-state index contributed by atoms with van der Waals surface area (Å²) in [5.41, 5.74) is 4.92. The monoisotopic (exact) mass is 258 g/mol. The minimum Gasteiger partial charge on any atom is -0.376 e. The molecule has 0 aromatic carbocycles. The van der Waals surface area contributed by atoms with Crippen molar-refractivity contribution < 1.29 is 14.3 Å². The highest BCUT2D eigenvalue weighted by atomic mass is 16.5. The number of nitrogens with two attached hydrogens (primary N) is 1. The first-order valence-electron chi connectivity index (χ1n) is 6.78. The van der Waals surface area contributed by atoms with Gasteiger partial charge in [0.25, 0.3) is 0 Å². The lowest BCUT2D eigenvalue weighted by molar-refractivity contribution is -0.124. The zero-order valence-corrected chi connectivity index (χ0v) is 11.7. The van der Waals surface area contributed by atoms with Gasteiger partial charge in [-0.15, -0.1) is 0 Å². The number of likely N-dealkylation sites (N-methyl/N-ethyl adjacent to an activating group) is 1. The maximum Gasteiger partial charge on any atom is 0.237 e. The van der Waals surface area contributed by atoms with Crippen molar-refractivity contribution in [2.45, 2.75) is 57.8 Å². The van der Waals surface area contributed by atoms with E-state index in [1.807, 2.05) is 20.8 Å². The van der Waals surface area contributed by atoms with Gasteiger partial charge >= 0.3 is 0 Å². The lowest BCUT2D eigenvalue weighted by atomic mass is 9.96. The van der Waals surface area contributed by atoms with Crippen LogP contribution in [0.25, 0.3) is 0 Å². The molecule has 2 unspecified atom stereocenters. The third kappa shape index (κ3) is 4.23. The Morgan fingerprint density at radius 3 is 2.78 bits per heavy atom. The molecule has 0 spiro atoms. The van der Waals surface area contributed by atoms with Gasteiger partial charge in [0.15, 0.2) is 0 Å². The van der Waals surface area contributed by atoms with Crippen LogP contribution in [0, 0.1) is 0 Å². The molecule has 1 aliphatic rings. The van der Waals surface area contributed by atoms with Gasteiger partial charge in [0.05, 0.1) is 25.4 Å². The van der Waals surface area contributed by atoms with Crippen LogP contribution in [0.5, 0.6) is 0 Å². The standard InChI is InChI=1S/C13H26N2O3/c1-4-15-13(12(14)16)6-5-11(9-13)18-8-7-17-10(2)3/h10-11,15H,4-9H2,1-3H3,(H2,14,16). The summed E-state index contributed by atoms with van der Waals surface area (Å²) in [5.74, 6) is -0.270. The number of ether oxygens (including phenoxy) is 2. The summed E-state index contributed by atoms with van der Waals surface area (Å²) in [4.78, 5) is 11.6. The highest BCUT2D eigenvalue weighted by Crippen LogP contribution is 2.31. The molecule has 5 heteroatoms. The number of amides is 1. The Balaban J connectivity index is 2.32. The molecular weight excluding hydrogens is 232 g/mol. The fourth-order valence-corrected chi connectivity index (χ4v) is 2.45. The van der Waals surface area contributed by atoms with Crippen molar-refractivity contribution in [1.29, 1.82) is 0 Å². The average molecular weight is 258 g/mol. The number of carbonyl (C=O) groups excluding carboxylic acids is 1. The highest BCUT2D eigenvalue weighted by Gasteiger charge is 2.43. The van der Waals surface area contributed by atoms with Crippen LogP contribution in [0.1, 0.15) is 40.0 Å². The SMILES string of the molecule is CCNC1(C(N)=O)CCC(OCCOC(C)C)C1. The van der Waals surface area contributed by atoms with E-state index in [1.54, 1.807) is 0 Å². The maximum absolute atomic E-state index is 11.6. The zero-order chi connectivity index (χ0) is 13.6. The Bertz CT molecular complexity index is 271. The van der Waals surface area contributed by atoms with Crippen LogP contribution >= 0.6 is 0 Å². The Kier molecular flexibility index (Phi) is 6.05. The molecule has 1 amide bonds. The molecule has 0 aromatic rings. The Hall–Kier alpha value is -0.650. The second kappa shape index (κ2) is 7.07. The van der Waals surface area contributed by atoms with Crippen LogP contribution < -0.4 is 11.1 Å². The van der Waals surface area contributed by atoms with Crippen LogP contribution in [0.3, 0.4) is 0 Å². The molecule has 0 aromatic heterocycles. The summed E-state index contributed by atoms with van der Waals surface area (Å²) in [5, 5.41) is 3.21. The molecule has 18 heavy (non-hydrogen) atoms. The van der Waals surface area contributed by atoms with E-state index in [0.29, 0.717) is 19.6 Å². The predicted octanol–water partition coefficient (Wildman–Crippen LogP) is 0.814. The summed E-state index contributed by atoms with van der Waals surface area (Å²) < 4.78 is 11.1. The first-order valence-corrected chi connectivity index (χ1v) is 6.78. The predicted molar refractivity (Wildman–Crippen MR) is 70.3 cm³/mol. The Morgan fingerprint density at radius 1 is 1.50 bits per heavy atom. The summed E-state index contributed by atoms with van der Waals surface area (Å²) >= 11 is 0. The van der Waals surface area contributed by atoms with Crippen molar-refractivity contribution in [3.05, 3.63) is 0 Å². The van der Waals surface area contributed by atoms with Crippen LogP contribution in [0.15, 0.2) is 0 Å². The quantitative estimate of drug-likeness (QED) is 0.632. The number of rotatable bonds is 8. The zero-order valence-electron chi connectivity index (χ0n) is 11.7. The molecule has 3 N–H and O–H groups in total. The van der Waals surface area contributed by atoms with Gasteiger partial charge in [-0.2, -0.15) is 0 Å². The summed E-state index contributed by atoms with van der Waals surface area (Å²) in [6, 6.07) is 0. The van der Waals surface area contributed by atoms with E-state index in [-0.39, 0.29) is 18.1 Å². The van der Waals surface area contributed by atoms with Gasteiger partial charge in [-0.25, -0.2) is 0 Å². The third-order valence-corrected chi connectivity index (χ3v) is 3.34. The van der Waals surface area contributed by atoms with E-state index in [2.05, 4.69) is 5.32 Å². The molecule has 0 aliphatic heterocycles. The number of hydrogen-bond donors (Lipinski definition) is 2. The number of hydrogen-bond acceptors (Lipinski definition) is 4. The molecule has 1 aliphatic carbocycles. The van der Waals surface area contributed by atoms with Gasteiger partial charge in [-0.3, -0.25) is 4.79 Å². The van der Waals surface area contributed by atoms with E-state index >= 15 is 0 Å². The molecule has 0 heterocycles. The van der Waals surface area contributed by atoms with Gasteiger partial charge in [-0.1, -0.05) is 6.92 Å². The van der Waals surface area contributed by atoms with Crippen molar-refractivity contribution in [3.63, 3.8) is 0 Å². The third-order valence-electron chi connectivity index (χ3n) is 3.34. The molecule has 1 rings (SSSR count). The van der Waals surface area contributed by atoms with Gasteiger partial charge in [-0.05, 0) is 33.2 Å². The second-order valence-corrected chi connectivity index (χ2v) is 5.13. The van der Waals surface area contributed by atoms with Crippen LogP contribution in [0.4, 0.5) is 0 Å². The van der Waals surface area contributed by atoms with E-state index in [1.165, 1.54) is 0 Å². The Labute approximate surface area is 109 Å². The topological polar surface area (TPSA) is 73.6 Å². The average Bonchev–Trinajstić information content (AvgIpc) is 2.70. The van der Waals surface area contributed by atoms with Crippen LogP contribution in [-0.4, -0.2) is 43.4 Å². The van der Waals surface area contributed by atoms with Crippen molar-refractivity contribution in [2.24, 2.45) is 5.73 Å². The van der Waals surface area contributed by atoms with Crippen LogP contribution in [-0.2, 0) is 14.3 Å². The molecule has 5 nitrogen and oxygen atoms in total. The smallest absolute Gasteiger partial charge is 0.237 e. The van der Waals surface area contributed by atoms with Crippen molar-refractivity contribution in [2.75, 3.05) is 19.8 Å². The van der Waals surface area contributed by atoms with E-state index in [9.17, 15) is 4.79 Å². The number of nitrogens with one attached hydrogen (secondary N) is 1. The summed E-state index contributed by atoms with van der Waals surface area (Å²) in [7, 11) is 0. The number of carbonyl (C=O) groups is 1. The molecule has 106 valence electrons. The van der Waals surface area contributed by atoms with Crippen LogP contribution in [0.2, 0.25) is 0 Å². The number of primary amides is 1. The summed E-state index contributed by atoms with van der Waals surface area (Å²) in [6.07, 6.45) is 2.62. The molecular formula is C13H26N2O3. The minimum absolute atomic E-state index is 0.104. The normalized spacial score (nSPS) is 27.9. The van der Waals surface area contributed by atoms with Gasteiger partial charge in [0.1, 0.15) is 5.54 Å². The molecule has 2 atom stereocenters. The van der Waals surface area contributed by atoms with Crippen molar-refractivity contribution >= 4 is 5.91 Å². The molecule has 1 saturated carbocycles. The van der Waals surface area contributed by atoms with Gasteiger partial charge in [0, 0.05) is 6.42 Å². The van der Waals surface area contributed by atoms with E-state index in [0.717, 1.165) is 19.4 Å². The first-order chi connectivity index (χ1) is 8.50. The van der Waals surface area contributed by atoms with Gasteiger partial charge < -0.3 is 20.5 Å². The molecule has 0 saturated heterocycles. The minimum atomic E-state index is -0.571. The van der Waals surface area contributed by atoms with Crippen molar-refractivity contribution in [1.82, 2.24) is 5.32 Å². The second-order valence-electron chi connectivity index (χ2n) is 5.13. The highest BCUT2D eigenvalue weighted by molar-refractivity contribution is 5.85. The molecule has 0 radical (unpaired) electrons. The van der Waals surface area contributed by atoms with E-state index in [4.69, 9.17) is 15.2 Å². The molecule has 0 bridgehead atoms. The van der Waals surface area contributed by atoms with Crippen molar-refractivity contribution in [3.8, 4) is 0 Å². The van der Waals surface area contributed by atoms with Gasteiger partial charge in [0.2, 0.25) is 5.91 Å². The lowest BCUT2D eigenvalue weighted by Crippen LogP contribution is -2.53. The largest absolute Gasteiger partial charge is 0.376 e. The molecule has 1 fully saturated rings. The van der Waals surface area contributed by atoms with E-state index < -0.39 is 5.54 Å². The lowest BCUT2D eigenvalue weighted by Gasteiger charge is -2.26. The fraction of sp³-hybridized carbons (Fsp3) is 0.923.